The van der Waals surface area contributed by atoms with Crippen molar-refractivity contribution in [1.29, 1.82) is 0 Å². The van der Waals surface area contributed by atoms with E-state index in [0.717, 1.165) is 11.0 Å². The molecule has 2 heterocycles. The van der Waals surface area contributed by atoms with Crippen LogP contribution in [0.25, 0.3) is 0 Å². The van der Waals surface area contributed by atoms with E-state index in [1.54, 1.807) is 18.2 Å². The van der Waals surface area contributed by atoms with Crippen LogP contribution in [0.2, 0.25) is 0 Å². The van der Waals surface area contributed by atoms with Crippen LogP contribution in [0.1, 0.15) is 17.5 Å². The summed E-state index contributed by atoms with van der Waals surface area (Å²) >= 11 is 1.27. The summed E-state index contributed by atoms with van der Waals surface area (Å²) in [6.07, 6.45) is -4.68. The lowest BCUT2D eigenvalue weighted by Gasteiger charge is -2.29. The molecule has 0 saturated carbocycles. The molecule has 2 aliphatic heterocycles. The molecule has 0 aliphatic carbocycles. The second-order valence-electron chi connectivity index (χ2n) is 7.51. The molecule has 32 heavy (non-hydrogen) atoms. The first-order chi connectivity index (χ1) is 15.3. The zero-order valence-corrected chi connectivity index (χ0v) is 17.9. The van der Waals surface area contributed by atoms with Gasteiger partial charge in [-0.15, -0.1) is 11.8 Å². The van der Waals surface area contributed by atoms with E-state index in [1.165, 1.54) is 17.8 Å². The monoisotopic (exact) mass is 465 g/mol. The lowest BCUT2D eigenvalue weighted by atomic mass is 10.0. The van der Waals surface area contributed by atoms with E-state index < -0.39 is 22.9 Å². The highest BCUT2D eigenvalue weighted by molar-refractivity contribution is 8.01. The van der Waals surface area contributed by atoms with Gasteiger partial charge in [0.25, 0.3) is 0 Å². The van der Waals surface area contributed by atoms with Crippen LogP contribution in [0.15, 0.2) is 47.4 Å². The normalized spacial score (nSPS) is 18.7. The molecular formula is C22H22F3N3O3S. The van der Waals surface area contributed by atoms with Gasteiger partial charge in [0.1, 0.15) is 0 Å². The maximum Gasteiger partial charge on any atom is 0.416 e. The van der Waals surface area contributed by atoms with Crippen LogP contribution in [0.5, 0.6) is 0 Å². The predicted molar refractivity (Wildman–Crippen MR) is 116 cm³/mol. The number of carbonyl (C=O) groups excluding carboxylic acids is 2. The third-order valence-electron chi connectivity index (χ3n) is 5.33. The van der Waals surface area contributed by atoms with Gasteiger partial charge >= 0.3 is 6.18 Å². The number of anilines is 2. The topological polar surface area (TPSA) is 70.7 Å². The molecule has 0 aromatic heterocycles. The fourth-order valence-corrected chi connectivity index (χ4v) is 4.77. The van der Waals surface area contributed by atoms with Gasteiger partial charge in [-0.1, -0.05) is 18.2 Å². The van der Waals surface area contributed by atoms with Crippen molar-refractivity contribution in [1.82, 2.24) is 5.32 Å². The van der Waals surface area contributed by atoms with Crippen molar-refractivity contribution < 1.29 is 27.5 Å². The highest BCUT2D eigenvalue weighted by atomic mass is 32.2. The van der Waals surface area contributed by atoms with Crippen molar-refractivity contribution >= 4 is 35.0 Å². The third-order valence-corrected chi connectivity index (χ3v) is 6.60. The van der Waals surface area contributed by atoms with E-state index in [1.807, 2.05) is 17.0 Å². The van der Waals surface area contributed by atoms with Crippen LogP contribution in [-0.4, -0.2) is 43.4 Å². The van der Waals surface area contributed by atoms with Crippen LogP contribution in [0, 0.1) is 0 Å². The van der Waals surface area contributed by atoms with Crippen molar-refractivity contribution in [2.24, 2.45) is 0 Å². The number of hydrogen-bond acceptors (Lipinski definition) is 5. The number of alkyl halides is 3. The number of para-hydroxylation sites is 1. The van der Waals surface area contributed by atoms with Crippen LogP contribution < -0.4 is 15.5 Å². The molecule has 170 valence electrons. The lowest BCUT2D eigenvalue weighted by molar-refractivity contribution is -0.138. The minimum atomic E-state index is -4.55. The summed E-state index contributed by atoms with van der Waals surface area (Å²) in [5.41, 5.74) is 0.369. The van der Waals surface area contributed by atoms with Crippen molar-refractivity contribution in [3.05, 3.63) is 53.6 Å². The number of benzene rings is 2. The number of nitrogens with one attached hydrogen (secondary N) is 2. The fourth-order valence-electron chi connectivity index (χ4n) is 3.66. The molecule has 0 bridgehead atoms. The van der Waals surface area contributed by atoms with Gasteiger partial charge in [-0.25, -0.2) is 0 Å². The smallest absolute Gasteiger partial charge is 0.378 e. The zero-order chi connectivity index (χ0) is 22.7. The predicted octanol–water partition coefficient (Wildman–Crippen LogP) is 3.66. The second kappa shape index (κ2) is 9.41. The molecule has 0 spiro atoms. The maximum atomic E-state index is 13.7. The lowest BCUT2D eigenvalue weighted by Crippen LogP contribution is -2.36. The molecule has 2 amide bonds. The first-order valence-electron chi connectivity index (χ1n) is 10.2. The van der Waals surface area contributed by atoms with E-state index in [0.29, 0.717) is 37.7 Å². The molecule has 4 rings (SSSR count). The number of thioether (sulfide) groups is 1. The summed E-state index contributed by atoms with van der Waals surface area (Å²) in [5.74, 6) is -0.780. The Bertz CT molecular complexity index is 1010. The Kier molecular flexibility index (Phi) is 6.61. The molecule has 1 unspecified atom stereocenters. The van der Waals surface area contributed by atoms with Gasteiger partial charge in [-0.2, -0.15) is 13.2 Å². The minimum absolute atomic E-state index is 0.0195. The molecule has 2 aromatic rings. The Labute approximate surface area is 187 Å². The Hall–Kier alpha value is -2.72. The quantitative estimate of drug-likeness (QED) is 0.705. The molecule has 2 N–H and O–H groups in total. The van der Waals surface area contributed by atoms with Crippen molar-refractivity contribution in [3.8, 4) is 0 Å². The van der Waals surface area contributed by atoms with Gasteiger partial charge in [0.05, 0.1) is 29.7 Å². The average molecular weight is 465 g/mol. The molecular weight excluding hydrogens is 443 g/mol. The number of amides is 2. The number of hydrogen-bond donors (Lipinski definition) is 2. The zero-order valence-electron chi connectivity index (χ0n) is 17.1. The molecule has 2 aromatic carbocycles. The highest BCUT2D eigenvalue weighted by Crippen LogP contribution is 2.37. The van der Waals surface area contributed by atoms with Crippen molar-refractivity contribution in [2.75, 3.05) is 36.5 Å². The van der Waals surface area contributed by atoms with E-state index in [2.05, 4.69) is 10.6 Å². The molecule has 10 heteroatoms. The van der Waals surface area contributed by atoms with E-state index in [9.17, 15) is 22.8 Å². The van der Waals surface area contributed by atoms with Crippen LogP contribution >= 0.6 is 11.8 Å². The second-order valence-corrected chi connectivity index (χ2v) is 8.76. The van der Waals surface area contributed by atoms with Crippen LogP contribution in [-0.2, 0) is 27.0 Å². The number of fused-ring (bicyclic) bond motifs is 1. The van der Waals surface area contributed by atoms with Crippen LogP contribution in [0.3, 0.4) is 0 Å². The van der Waals surface area contributed by atoms with Gasteiger partial charge in [0, 0.05) is 36.6 Å². The van der Waals surface area contributed by atoms with Crippen molar-refractivity contribution in [3.63, 3.8) is 0 Å². The first-order valence-corrected chi connectivity index (χ1v) is 11.1. The summed E-state index contributed by atoms with van der Waals surface area (Å²) in [6.45, 7) is 1.72. The number of halogens is 3. The summed E-state index contributed by atoms with van der Waals surface area (Å²) in [7, 11) is 0. The number of nitrogens with zero attached hydrogens (tertiary/aromatic N) is 1. The molecule has 1 atom stereocenters. The summed E-state index contributed by atoms with van der Waals surface area (Å²) in [5, 5.41) is 4.65. The number of morpholine rings is 1. The molecule has 0 radical (unpaired) electrons. The van der Waals surface area contributed by atoms with Crippen molar-refractivity contribution in [2.45, 2.75) is 29.3 Å². The molecule has 1 saturated heterocycles. The maximum absolute atomic E-state index is 13.7. The van der Waals surface area contributed by atoms with Gasteiger partial charge in [-0.05, 0) is 29.8 Å². The molecule has 6 nitrogen and oxygen atoms in total. The van der Waals surface area contributed by atoms with Gasteiger partial charge in [0.2, 0.25) is 11.8 Å². The standard InChI is InChI=1S/C22H22F3N3O3S/c23-22(24,25)16-11-15(28-7-9-31-10-8-28)6-5-14(16)13-26-20(29)12-19-21(30)27-17-3-1-2-4-18(17)32-19/h1-6,11,19H,7-10,12-13H2,(H,26,29)(H,27,30). The van der Waals surface area contributed by atoms with Gasteiger partial charge in [-0.3, -0.25) is 9.59 Å². The van der Waals surface area contributed by atoms with Gasteiger partial charge < -0.3 is 20.3 Å². The minimum Gasteiger partial charge on any atom is -0.378 e. The van der Waals surface area contributed by atoms with E-state index in [4.69, 9.17) is 4.74 Å². The largest absolute Gasteiger partial charge is 0.416 e. The highest BCUT2D eigenvalue weighted by Gasteiger charge is 2.34. The van der Waals surface area contributed by atoms with Crippen LogP contribution in [0.4, 0.5) is 24.5 Å². The summed E-state index contributed by atoms with van der Waals surface area (Å²) in [6, 6.07) is 11.4. The average Bonchev–Trinajstić information content (AvgIpc) is 2.78. The van der Waals surface area contributed by atoms with E-state index >= 15 is 0 Å². The fraction of sp³-hybridized carbons (Fsp3) is 0.364. The first kappa shape index (κ1) is 22.5. The summed E-state index contributed by atoms with van der Waals surface area (Å²) in [4.78, 5) is 27.4. The Balaban J connectivity index is 1.41. The summed E-state index contributed by atoms with van der Waals surface area (Å²) < 4.78 is 46.3. The Morgan fingerprint density at radius 1 is 1.19 bits per heavy atom. The number of carbonyl (C=O) groups is 2. The Morgan fingerprint density at radius 2 is 1.94 bits per heavy atom. The number of ether oxygens (including phenoxy) is 1. The van der Waals surface area contributed by atoms with E-state index in [-0.39, 0.29) is 24.4 Å². The SMILES string of the molecule is O=C(CC1Sc2ccccc2NC1=O)NCc1ccc(N2CCOCC2)cc1C(F)(F)F. The number of rotatable bonds is 5. The van der Waals surface area contributed by atoms with Gasteiger partial charge in [0.15, 0.2) is 0 Å². The Morgan fingerprint density at radius 3 is 2.69 bits per heavy atom. The third kappa shape index (κ3) is 5.18. The molecule has 2 aliphatic rings. The molecule has 1 fully saturated rings.